The van der Waals surface area contributed by atoms with Gasteiger partial charge in [-0.25, -0.2) is 9.78 Å². The molecule has 1 aromatic carbocycles. The average molecular weight is 301 g/mol. The average Bonchev–Trinajstić information content (AvgIpc) is 2.54. The molecular formula is C16H19N3O3. The molecule has 2 rings (SSSR count). The monoisotopic (exact) mass is 301 g/mol. The summed E-state index contributed by atoms with van der Waals surface area (Å²) in [5, 5.41) is 5.51. The minimum absolute atomic E-state index is 0.288. The normalized spacial score (nSPS) is 10.1. The number of anilines is 1. The van der Waals surface area contributed by atoms with Crippen LogP contribution in [0, 0.1) is 0 Å². The second-order valence-electron chi connectivity index (χ2n) is 4.65. The van der Waals surface area contributed by atoms with Crippen LogP contribution in [-0.2, 0) is 17.9 Å². The Kier molecular flexibility index (Phi) is 5.73. The van der Waals surface area contributed by atoms with Gasteiger partial charge in [-0.15, -0.1) is 0 Å². The van der Waals surface area contributed by atoms with Crippen LogP contribution < -0.4 is 15.4 Å². The van der Waals surface area contributed by atoms with Crippen molar-refractivity contribution in [2.75, 3.05) is 19.5 Å². The first kappa shape index (κ1) is 15.8. The molecule has 0 atom stereocenters. The Morgan fingerprint density at radius 3 is 2.68 bits per heavy atom. The van der Waals surface area contributed by atoms with Crippen LogP contribution >= 0.6 is 0 Å². The van der Waals surface area contributed by atoms with Crippen LogP contribution in [0.4, 0.5) is 10.5 Å². The van der Waals surface area contributed by atoms with Gasteiger partial charge in [0.15, 0.2) is 0 Å². The van der Waals surface area contributed by atoms with Gasteiger partial charge in [0.2, 0.25) is 5.88 Å². The second kappa shape index (κ2) is 7.99. The first-order valence-corrected chi connectivity index (χ1v) is 6.83. The zero-order chi connectivity index (χ0) is 15.8. The Morgan fingerprint density at radius 2 is 2.00 bits per heavy atom. The number of pyridine rings is 1. The number of methoxy groups -OCH3 is 2. The SMILES string of the molecule is COCc1cccc(CNC(=O)Nc2ccc(OC)nc2)c1. The van der Waals surface area contributed by atoms with Gasteiger partial charge in [-0.1, -0.05) is 24.3 Å². The van der Waals surface area contributed by atoms with E-state index in [1.54, 1.807) is 26.4 Å². The number of amides is 2. The number of carbonyl (C=O) groups excluding carboxylic acids is 1. The van der Waals surface area contributed by atoms with Gasteiger partial charge >= 0.3 is 6.03 Å². The van der Waals surface area contributed by atoms with E-state index in [4.69, 9.17) is 9.47 Å². The number of urea groups is 1. The lowest BCUT2D eigenvalue weighted by molar-refractivity contribution is 0.185. The number of hydrogen-bond acceptors (Lipinski definition) is 4. The molecule has 2 N–H and O–H groups in total. The summed E-state index contributed by atoms with van der Waals surface area (Å²) in [6, 6.07) is 11.0. The maximum Gasteiger partial charge on any atom is 0.319 e. The van der Waals surface area contributed by atoms with Crippen LogP contribution in [0.2, 0.25) is 0 Å². The van der Waals surface area contributed by atoms with E-state index in [0.717, 1.165) is 11.1 Å². The Balaban J connectivity index is 1.85. The summed E-state index contributed by atoms with van der Waals surface area (Å²) in [4.78, 5) is 15.9. The van der Waals surface area contributed by atoms with Crippen molar-refractivity contribution in [3.8, 4) is 5.88 Å². The largest absolute Gasteiger partial charge is 0.481 e. The zero-order valence-corrected chi connectivity index (χ0v) is 12.6. The number of benzene rings is 1. The minimum atomic E-state index is -0.288. The molecule has 0 aliphatic rings. The van der Waals surface area contributed by atoms with Crippen LogP contribution in [0.1, 0.15) is 11.1 Å². The standard InChI is InChI=1S/C16H19N3O3/c1-21-11-13-5-3-4-12(8-13)9-18-16(20)19-14-6-7-15(22-2)17-10-14/h3-8,10H,9,11H2,1-2H3,(H2,18,19,20). The van der Waals surface area contributed by atoms with Crippen molar-refractivity contribution in [3.63, 3.8) is 0 Å². The van der Waals surface area contributed by atoms with Crippen molar-refractivity contribution >= 4 is 11.7 Å². The van der Waals surface area contributed by atoms with Crippen molar-refractivity contribution in [1.29, 1.82) is 0 Å². The minimum Gasteiger partial charge on any atom is -0.481 e. The molecule has 0 spiro atoms. The van der Waals surface area contributed by atoms with E-state index in [1.807, 2.05) is 24.3 Å². The Bertz CT molecular complexity index is 614. The number of rotatable bonds is 6. The van der Waals surface area contributed by atoms with Crippen molar-refractivity contribution < 1.29 is 14.3 Å². The molecule has 1 heterocycles. The lowest BCUT2D eigenvalue weighted by Gasteiger charge is -2.09. The third kappa shape index (κ3) is 4.75. The van der Waals surface area contributed by atoms with Gasteiger partial charge < -0.3 is 20.1 Å². The Morgan fingerprint density at radius 1 is 1.18 bits per heavy atom. The molecule has 0 fully saturated rings. The third-order valence-electron chi connectivity index (χ3n) is 2.96. The number of ether oxygens (including phenoxy) is 2. The fourth-order valence-electron chi connectivity index (χ4n) is 1.93. The lowest BCUT2D eigenvalue weighted by Crippen LogP contribution is -2.28. The predicted octanol–water partition coefficient (Wildman–Crippen LogP) is 2.56. The molecule has 0 saturated heterocycles. The van der Waals surface area contributed by atoms with E-state index in [2.05, 4.69) is 15.6 Å². The summed E-state index contributed by atoms with van der Waals surface area (Å²) < 4.78 is 10.1. The highest BCUT2D eigenvalue weighted by Crippen LogP contribution is 2.11. The molecule has 6 nitrogen and oxygen atoms in total. The van der Waals surface area contributed by atoms with Crippen molar-refractivity contribution in [1.82, 2.24) is 10.3 Å². The molecule has 2 amide bonds. The molecule has 0 aliphatic carbocycles. The van der Waals surface area contributed by atoms with Crippen molar-refractivity contribution in [2.24, 2.45) is 0 Å². The van der Waals surface area contributed by atoms with Crippen LogP contribution in [0.25, 0.3) is 0 Å². The molecule has 22 heavy (non-hydrogen) atoms. The maximum atomic E-state index is 11.8. The van der Waals surface area contributed by atoms with E-state index >= 15 is 0 Å². The highest BCUT2D eigenvalue weighted by Gasteiger charge is 2.03. The van der Waals surface area contributed by atoms with Gasteiger partial charge in [0, 0.05) is 19.7 Å². The first-order chi connectivity index (χ1) is 10.7. The Hall–Kier alpha value is -2.60. The number of nitrogens with zero attached hydrogens (tertiary/aromatic N) is 1. The molecule has 2 aromatic rings. The molecule has 0 unspecified atom stereocenters. The topological polar surface area (TPSA) is 72.5 Å². The van der Waals surface area contributed by atoms with E-state index in [0.29, 0.717) is 24.7 Å². The fraction of sp³-hybridized carbons (Fsp3) is 0.250. The summed E-state index contributed by atoms with van der Waals surface area (Å²) in [6.45, 7) is 0.991. The van der Waals surface area contributed by atoms with Gasteiger partial charge in [-0.05, 0) is 17.2 Å². The summed E-state index contributed by atoms with van der Waals surface area (Å²) >= 11 is 0. The third-order valence-corrected chi connectivity index (χ3v) is 2.96. The molecular weight excluding hydrogens is 282 g/mol. The molecule has 0 saturated carbocycles. The van der Waals surface area contributed by atoms with Gasteiger partial charge in [0.1, 0.15) is 0 Å². The molecule has 1 aromatic heterocycles. The summed E-state index contributed by atoms with van der Waals surface area (Å²) in [5.74, 6) is 0.501. The van der Waals surface area contributed by atoms with Crippen molar-refractivity contribution in [3.05, 3.63) is 53.7 Å². The van der Waals surface area contributed by atoms with Crippen LogP contribution in [-0.4, -0.2) is 25.2 Å². The fourth-order valence-corrected chi connectivity index (χ4v) is 1.93. The van der Waals surface area contributed by atoms with E-state index in [9.17, 15) is 4.79 Å². The molecule has 0 bridgehead atoms. The lowest BCUT2D eigenvalue weighted by atomic mass is 10.1. The smallest absolute Gasteiger partial charge is 0.319 e. The van der Waals surface area contributed by atoms with Crippen molar-refractivity contribution in [2.45, 2.75) is 13.2 Å². The predicted molar refractivity (Wildman–Crippen MR) is 83.8 cm³/mol. The second-order valence-corrected chi connectivity index (χ2v) is 4.65. The maximum absolute atomic E-state index is 11.8. The summed E-state index contributed by atoms with van der Waals surface area (Å²) in [7, 11) is 3.20. The number of aromatic nitrogens is 1. The highest BCUT2D eigenvalue weighted by atomic mass is 16.5. The van der Waals surface area contributed by atoms with E-state index in [-0.39, 0.29) is 6.03 Å². The van der Waals surface area contributed by atoms with Crippen LogP contribution in [0.5, 0.6) is 5.88 Å². The summed E-state index contributed by atoms with van der Waals surface area (Å²) in [5.41, 5.74) is 2.69. The zero-order valence-electron chi connectivity index (χ0n) is 12.6. The number of carbonyl (C=O) groups is 1. The van der Waals surface area contributed by atoms with Gasteiger partial charge in [0.05, 0.1) is 25.6 Å². The van der Waals surface area contributed by atoms with Gasteiger partial charge in [-0.3, -0.25) is 0 Å². The van der Waals surface area contributed by atoms with Crippen LogP contribution in [0.15, 0.2) is 42.6 Å². The quantitative estimate of drug-likeness (QED) is 0.860. The number of hydrogen-bond donors (Lipinski definition) is 2. The summed E-state index contributed by atoms with van der Waals surface area (Å²) in [6.07, 6.45) is 1.54. The molecule has 116 valence electrons. The van der Waals surface area contributed by atoms with Gasteiger partial charge in [0.25, 0.3) is 0 Å². The first-order valence-electron chi connectivity index (χ1n) is 6.83. The molecule has 0 aliphatic heterocycles. The van der Waals surface area contributed by atoms with Gasteiger partial charge in [-0.2, -0.15) is 0 Å². The number of nitrogens with one attached hydrogen (secondary N) is 2. The Labute approximate surface area is 129 Å². The molecule has 0 radical (unpaired) electrons. The highest BCUT2D eigenvalue weighted by molar-refractivity contribution is 5.88. The van der Waals surface area contributed by atoms with E-state index < -0.39 is 0 Å². The van der Waals surface area contributed by atoms with Crippen LogP contribution in [0.3, 0.4) is 0 Å². The van der Waals surface area contributed by atoms with E-state index in [1.165, 1.54) is 6.20 Å². The molecule has 6 heteroatoms.